The normalized spacial score (nSPS) is 15.0. The Morgan fingerprint density at radius 3 is 2.46 bits per heavy atom. The van der Waals surface area contributed by atoms with E-state index in [4.69, 9.17) is 4.42 Å². The van der Waals surface area contributed by atoms with Crippen molar-refractivity contribution < 1.29 is 8.63 Å². The van der Waals surface area contributed by atoms with Gasteiger partial charge in [0.15, 0.2) is 5.76 Å². The fraction of sp³-hybridized carbons (Fsp3) is 0.250. The Morgan fingerprint density at radius 1 is 1.00 bits per heavy atom. The first-order valence-electron chi connectivity index (χ1n) is 8.03. The summed E-state index contributed by atoms with van der Waals surface area (Å²) in [4.78, 5) is 4.35. The van der Waals surface area contributed by atoms with Gasteiger partial charge < -0.3 is 4.42 Å². The number of benzene rings is 2. The lowest BCUT2D eigenvalue weighted by molar-refractivity contribution is 0.504. The highest BCUT2D eigenvalue weighted by molar-refractivity contribution is 7.85. The Hall–Kier alpha value is -2.20. The molecule has 0 fully saturated rings. The van der Waals surface area contributed by atoms with E-state index in [1.807, 2.05) is 69.3 Å². The molecule has 3 atom stereocenters. The molecule has 0 N–H and O–H groups in total. The van der Waals surface area contributed by atoms with Crippen LogP contribution in [0.3, 0.4) is 0 Å². The minimum absolute atomic E-state index is 0.0769. The Kier molecular flexibility index (Phi) is 4.95. The first-order chi connectivity index (χ1) is 11.6. The molecule has 0 spiro atoms. The number of nitrogens with zero attached hydrogens (tertiary/aromatic N) is 1. The third kappa shape index (κ3) is 3.49. The van der Waals surface area contributed by atoms with Gasteiger partial charge in [-0.3, -0.25) is 4.21 Å². The summed E-state index contributed by atoms with van der Waals surface area (Å²) in [6.45, 7) is 5.94. The van der Waals surface area contributed by atoms with Crippen LogP contribution in [0.15, 0.2) is 65.2 Å². The second-order valence-corrected chi connectivity index (χ2v) is 8.03. The molecule has 0 aliphatic carbocycles. The van der Waals surface area contributed by atoms with E-state index in [9.17, 15) is 4.21 Å². The van der Waals surface area contributed by atoms with E-state index in [0.717, 1.165) is 11.1 Å². The van der Waals surface area contributed by atoms with Crippen LogP contribution in [0, 0.1) is 6.92 Å². The van der Waals surface area contributed by atoms with Crippen molar-refractivity contribution in [2.75, 3.05) is 0 Å². The summed E-state index contributed by atoms with van der Waals surface area (Å²) in [5.41, 5.74) is 3.22. The standard InChI is InChI=1S/C20H21NO2S/c1-14-8-7-11-18(12-14)15(2)24(22)16(3)20-21-13-19(23-20)17-9-5-4-6-10-17/h4-13,15-16H,1-3H3/t15-,16-,24+/m0/s1. The smallest absolute Gasteiger partial charge is 0.210 e. The zero-order valence-corrected chi connectivity index (χ0v) is 14.9. The van der Waals surface area contributed by atoms with Crippen LogP contribution in [0.25, 0.3) is 11.3 Å². The fourth-order valence-corrected chi connectivity index (χ4v) is 4.01. The van der Waals surface area contributed by atoms with E-state index in [1.54, 1.807) is 6.20 Å². The highest BCUT2D eigenvalue weighted by Crippen LogP contribution is 2.31. The van der Waals surface area contributed by atoms with Gasteiger partial charge in [0.2, 0.25) is 5.89 Å². The lowest BCUT2D eigenvalue weighted by atomic mass is 10.1. The number of hydrogen-bond acceptors (Lipinski definition) is 3. The summed E-state index contributed by atoms with van der Waals surface area (Å²) in [7, 11) is -1.12. The van der Waals surface area contributed by atoms with E-state index in [0.29, 0.717) is 11.7 Å². The van der Waals surface area contributed by atoms with Crippen LogP contribution in [0.4, 0.5) is 0 Å². The summed E-state index contributed by atoms with van der Waals surface area (Å²) in [5, 5.41) is -0.343. The van der Waals surface area contributed by atoms with E-state index in [1.165, 1.54) is 5.56 Å². The minimum atomic E-state index is -1.12. The van der Waals surface area contributed by atoms with Gasteiger partial charge in [0.05, 0.1) is 11.4 Å². The van der Waals surface area contributed by atoms with E-state index >= 15 is 0 Å². The Bertz CT molecular complexity index is 842. The number of hydrogen-bond donors (Lipinski definition) is 0. The van der Waals surface area contributed by atoms with Crippen molar-refractivity contribution >= 4 is 10.8 Å². The number of rotatable bonds is 5. The average Bonchev–Trinajstić information content (AvgIpc) is 3.10. The molecule has 0 unspecified atom stereocenters. The molecule has 0 radical (unpaired) electrons. The van der Waals surface area contributed by atoms with Crippen molar-refractivity contribution in [1.82, 2.24) is 4.98 Å². The lowest BCUT2D eigenvalue weighted by Crippen LogP contribution is -2.10. The molecule has 124 valence electrons. The van der Waals surface area contributed by atoms with Crippen LogP contribution >= 0.6 is 0 Å². The molecular formula is C20H21NO2S. The molecule has 0 aliphatic heterocycles. The van der Waals surface area contributed by atoms with Crippen LogP contribution < -0.4 is 0 Å². The van der Waals surface area contributed by atoms with E-state index in [2.05, 4.69) is 11.1 Å². The molecule has 3 nitrogen and oxygen atoms in total. The van der Waals surface area contributed by atoms with Gasteiger partial charge in [0.25, 0.3) is 0 Å². The first-order valence-corrected chi connectivity index (χ1v) is 9.31. The van der Waals surface area contributed by atoms with Crippen molar-refractivity contribution in [3.8, 4) is 11.3 Å². The molecule has 2 aromatic carbocycles. The van der Waals surface area contributed by atoms with Crippen molar-refractivity contribution in [2.24, 2.45) is 0 Å². The summed E-state index contributed by atoms with van der Waals surface area (Å²) in [6, 6.07) is 18.0. The molecule has 1 heterocycles. The molecule has 1 aromatic heterocycles. The number of aromatic nitrogens is 1. The molecule has 24 heavy (non-hydrogen) atoms. The maximum Gasteiger partial charge on any atom is 0.210 e. The van der Waals surface area contributed by atoms with Gasteiger partial charge in [0, 0.05) is 16.4 Å². The number of aryl methyl sites for hydroxylation is 1. The molecular weight excluding hydrogens is 318 g/mol. The fourth-order valence-electron chi connectivity index (χ4n) is 2.67. The zero-order chi connectivity index (χ0) is 17.1. The van der Waals surface area contributed by atoms with Gasteiger partial charge in [-0.05, 0) is 26.3 Å². The molecule has 0 amide bonds. The van der Waals surface area contributed by atoms with E-state index in [-0.39, 0.29) is 10.5 Å². The summed E-state index contributed by atoms with van der Waals surface area (Å²) >= 11 is 0. The molecule has 4 heteroatoms. The predicted molar refractivity (Wildman–Crippen MR) is 98.1 cm³/mol. The van der Waals surface area contributed by atoms with Gasteiger partial charge in [-0.15, -0.1) is 0 Å². The largest absolute Gasteiger partial charge is 0.439 e. The molecule has 0 saturated carbocycles. The van der Waals surface area contributed by atoms with Gasteiger partial charge in [-0.1, -0.05) is 60.2 Å². The van der Waals surface area contributed by atoms with Crippen LogP contribution in [0.5, 0.6) is 0 Å². The van der Waals surface area contributed by atoms with Gasteiger partial charge in [0.1, 0.15) is 5.25 Å². The monoisotopic (exact) mass is 339 g/mol. The summed E-state index contributed by atoms with van der Waals surface area (Å²) < 4.78 is 18.8. The summed E-state index contributed by atoms with van der Waals surface area (Å²) in [6.07, 6.45) is 1.70. The van der Waals surface area contributed by atoms with Crippen molar-refractivity contribution in [1.29, 1.82) is 0 Å². The van der Waals surface area contributed by atoms with Crippen molar-refractivity contribution in [3.05, 3.63) is 77.8 Å². The lowest BCUT2D eigenvalue weighted by Gasteiger charge is -2.16. The predicted octanol–water partition coefficient (Wildman–Crippen LogP) is 5.22. The molecule has 0 bridgehead atoms. The van der Waals surface area contributed by atoms with Crippen LogP contribution in [-0.4, -0.2) is 9.19 Å². The van der Waals surface area contributed by atoms with E-state index < -0.39 is 10.8 Å². The van der Waals surface area contributed by atoms with Crippen LogP contribution in [0.1, 0.15) is 41.4 Å². The van der Waals surface area contributed by atoms with Crippen molar-refractivity contribution in [3.63, 3.8) is 0 Å². The highest BCUT2D eigenvalue weighted by atomic mass is 32.2. The Labute approximate surface area is 145 Å². The SMILES string of the molecule is Cc1cccc([C@H](C)[S@@](=O)[C@@H](C)c2ncc(-c3ccccc3)o2)c1. The second-order valence-electron chi connectivity index (χ2n) is 5.96. The van der Waals surface area contributed by atoms with Crippen molar-refractivity contribution in [2.45, 2.75) is 31.3 Å². The van der Waals surface area contributed by atoms with Gasteiger partial charge in [-0.2, -0.15) is 0 Å². The number of oxazole rings is 1. The molecule has 0 aliphatic rings. The maximum atomic E-state index is 12.9. The third-order valence-electron chi connectivity index (χ3n) is 4.14. The highest BCUT2D eigenvalue weighted by Gasteiger charge is 2.25. The second kappa shape index (κ2) is 7.14. The van der Waals surface area contributed by atoms with Crippen LogP contribution in [0.2, 0.25) is 0 Å². The molecule has 3 rings (SSSR count). The maximum absolute atomic E-state index is 12.9. The molecule has 3 aromatic rings. The van der Waals surface area contributed by atoms with Crippen LogP contribution in [-0.2, 0) is 10.8 Å². The first kappa shape index (κ1) is 16.7. The topological polar surface area (TPSA) is 43.1 Å². The average molecular weight is 339 g/mol. The van der Waals surface area contributed by atoms with Gasteiger partial charge >= 0.3 is 0 Å². The Balaban J connectivity index is 1.80. The Morgan fingerprint density at radius 2 is 1.75 bits per heavy atom. The quantitative estimate of drug-likeness (QED) is 0.640. The third-order valence-corrected chi connectivity index (χ3v) is 6.01. The molecule has 0 saturated heterocycles. The minimum Gasteiger partial charge on any atom is -0.439 e. The summed E-state index contributed by atoms with van der Waals surface area (Å²) in [5.74, 6) is 1.23. The van der Waals surface area contributed by atoms with Gasteiger partial charge in [-0.25, -0.2) is 4.98 Å². The zero-order valence-electron chi connectivity index (χ0n) is 14.1.